The number of carbonyl (C=O) groups excluding carboxylic acids is 1. The fraction of sp³-hybridized carbons (Fsp3) is 0.429. The molecule has 0 spiro atoms. The lowest BCUT2D eigenvalue weighted by Gasteiger charge is -2.41. The van der Waals surface area contributed by atoms with Gasteiger partial charge in [-0.05, 0) is 50.6 Å². The summed E-state index contributed by atoms with van der Waals surface area (Å²) in [5, 5.41) is 5.06. The Morgan fingerprint density at radius 3 is 2.89 bits per heavy atom. The van der Waals surface area contributed by atoms with Gasteiger partial charge in [-0.25, -0.2) is 13.6 Å². The number of halogens is 2. The summed E-state index contributed by atoms with van der Waals surface area (Å²) in [7, 11) is 0. The molecule has 1 amide bonds. The number of fused-ring (bicyclic) bond motifs is 6. The quantitative estimate of drug-likeness (QED) is 0.304. The van der Waals surface area contributed by atoms with E-state index >= 15 is 4.39 Å². The van der Waals surface area contributed by atoms with E-state index in [1.807, 2.05) is 48.2 Å². The molecular weight excluding hydrogens is 590 g/mol. The summed E-state index contributed by atoms with van der Waals surface area (Å²) in [6.07, 6.45) is 3.82. The number of ether oxygens (including phenoxy) is 2. The van der Waals surface area contributed by atoms with Gasteiger partial charge >= 0.3 is 12.1 Å². The van der Waals surface area contributed by atoms with Crippen molar-refractivity contribution in [3.05, 3.63) is 54.0 Å². The topological polar surface area (TPSA) is 92.7 Å². The molecule has 3 atom stereocenters. The van der Waals surface area contributed by atoms with Crippen LogP contribution in [0.1, 0.15) is 44.6 Å². The number of hydrogen-bond acceptors (Lipinski definition) is 8. The largest absolute Gasteiger partial charge is 0.461 e. The maximum absolute atomic E-state index is 16.9. The van der Waals surface area contributed by atoms with E-state index in [2.05, 4.69) is 32.0 Å². The molecule has 0 saturated carbocycles. The minimum atomic E-state index is -0.903. The molecule has 2 aromatic heterocycles. The third-order valence-electron chi connectivity index (χ3n) is 9.93. The Morgan fingerprint density at radius 1 is 1.15 bits per heavy atom. The highest BCUT2D eigenvalue weighted by Crippen LogP contribution is 2.41. The van der Waals surface area contributed by atoms with Gasteiger partial charge in [0.2, 0.25) is 0 Å². The molecule has 236 valence electrons. The first-order valence-corrected chi connectivity index (χ1v) is 15.9. The van der Waals surface area contributed by atoms with Crippen LogP contribution in [-0.4, -0.2) is 82.6 Å². The van der Waals surface area contributed by atoms with E-state index in [4.69, 9.17) is 14.5 Å². The lowest BCUT2D eigenvalue weighted by molar-refractivity contribution is 0.107. The second kappa shape index (κ2) is 11.1. The molecule has 4 aromatic rings. The first-order valence-electron chi connectivity index (χ1n) is 15.9. The average molecular weight is 625 g/mol. The van der Waals surface area contributed by atoms with Crippen molar-refractivity contribution >= 4 is 33.6 Å². The zero-order chi connectivity index (χ0) is 31.5. The fourth-order valence-electron chi connectivity index (χ4n) is 7.84. The Balaban J connectivity index is 1.31. The number of aromatic nitrogens is 3. The number of nitrogens with zero attached hydrogens (tertiary/aromatic N) is 5. The SMILES string of the molecule is C[C@@]12CCCN(C1)c1nc(OC[C@@]34CCCN3C[C@H](F)C4)nc3c(F)c(ncc13)-c1cccc3cccc(c13)C#CCOC(=O)N2. The van der Waals surface area contributed by atoms with Crippen molar-refractivity contribution in [2.24, 2.45) is 0 Å². The van der Waals surface area contributed by atoms with E-state index in [0.29, 0.717) is 54.8 Å². The minimum absolute atomic E-state index is 0.0316. The average Bonchev–Trinajstić information content (AvgIpc) is 3.57. The Morgan fingerprint density at radius 2 is 2.00 bits per heavy atom. The van der Waals surface area contributed by atoms with Crippen molar-refractivity contribution in [1.82, 2.24) is 25.2 Å². The first-order chi connectivity index (χ1) is 22.3. The van der Waals surface area contributed by atoms with Gasteiger partial charge in [-0.2, -0.15) is 9.97 Å². The molecule has 46 heavy (non-hydrogen) atoms. The normalized spacial score (nSPS) is 26.0. The number of hydrogen-bond donors (Lipinski definition) is 1. The predicted octanol–water partition coefficient (Wildman–Crippen LogP) is 5.39. The van der Waals surface area contributed by atoms with Crippen molar-refractivity contribution in [3.63, 3.8) is 0 Å². The van der Waals surface area contributed by atoms with Crippen LogP contribution in [0.3, 0.4) is 0 Å². The molecule has 5 aliphatic rings. The van der Waals surface area contributed by atoms with E-state index in [0.717, 1.165) is 36.6 Å². The van der Waals surface area contributed by atoms with Crippen LogP contribution in [0, 0.1) is 17.7 Å². The van der Waals surface area contributed by atoms with Crippen LogP contribution in [0.2, 0.25) is 0 Å². The van der Waals surface area contributed by atoms with Gasteiger partial charge in [0.15, 0.2) is 12.4 Å². The lowest BCUT2D eigenvalue weighted by atomic mass is 9.91. The highest BCUT2D eigenvalue weighted by atomic mass is 19.1. The number of piperidine rings is 1. The van der Waals surface area contributed by atoms with Gasteiger partial charge in [0, 0.05) is 48.8 Å². The number of rotatable bonds is 3. The number of anilines is 1. The smallest absolute Gasteiger partial charge is 0.408 e. The van der Waals surface area contributed by atoms with Crippen molar-refractivity contribution < 1.29 is 23.0 Å². The van der Waals surface area contributed by atoms with Crippen LogP contribution in [0.25, 0.3) is 32.9 Å². The van der Waals surface area contributed by atoms with Crippen LogP contribution in [0.4, 0.5) is 19.4 Å². The number of carbonyl (C=O) groups is 1. The molecule has 9 nitrogen and oxygen atoms in total. The molecule has 7 heterocycles. The highest BCUT2D eigenvalue weighted by Gasteiger charge is 2.49. The number of amides is 1. The van der Waals surface area contributed by atoms with Crippen LogP contribution in [-0.2, 0) is 4.74 Å². The summed E-state index contributed by atoms with van der Waals surface area (Å²) in [5.74, 6) is 5.94. The summed E-state index contributed by atoms with van der Waals surface area (Å²) in [6, 6.07) is 11.3. The van der Waals surface area contributed by atoms with Gasteiger partial charge in [0.05, 0.1) is 16.5 Å². The molecule has 2 aromatic carbocycles. The van der Waals surface area contributed by atoms with Gasteiger partial charge in [0.25, 0.3) is 0 Å². The highest BCUT2D eigenvalue weighted by molar-refractivity contribution is 6.02. The number of benzene rings is 2. The van der Waals surface area contributed by atoms with Crippen molar-refractivity contribution in [2.75, 3.05) is 44.3 Å². The van der Waals surface area contributed by atoms with Crippen LogP contribution >= 0.6 is 0 Å². The Hall–Kier alpha value is -4.56. The third kappa shape index (κ3) is 4.96. The summed E-state index contributed by atoms with van der Waals surface area (Å²) >= 11 is 0. The molecular formula is C35H34F2N6O3. The molecule has 6 bridgehead atoms. The minimum Gasteiger partial charge on any atom is -0.461 e. The maximum atomic E-state index is 16.9. The molecule has 9 rings (SSSR count). The number of nitrogens with one attached hydrogen (secondary N) is 1. The number of alkyl carbamates (subject to hydrolysis) is 1. The molecule has 0 aliphatic carbocycles. The van der Waals surface area contributed by atoms with Gasteiger partial charge in [0.1, 0.15) is 29.8 Å². The van der Waals surface area contributed by atoms with Gasteiger partial charge in [-0.15, -0.1) is 0 Å². The second-order valence-corrected chi connectivity index (χ2v) is 13.2. The predicted molar refractivity (Wildman–Crippen MR) is 170 cm³/mol. The van der Waals surface area contributed by atoms with Crippen molar-refractivity contribution in [2.45, 2.75) is 56.3 Å². The second-order valence-electron chi connectivity index (χ2n) is 13.2. The van der Waals surface area contributed by atoms with Gasteiger partial charge in [-0.1, -0.05) is 42.2 Å². The first kappa shape index (κ1) is 28.9. The molecule has 11 heteroatoms. The van der Waals surface area contributed by atoms with E-state index in [1.54, 1.807) is 6.20 Å². The maximum Gasteiger partial charge on any atom is 0.408 e. The molecule has 0 unspecified atom stereocenters. The number of pyridine rings is 1. The van der Waals surface area contributed by atoms with Crippen LogP contribution in [0.5, 0.6) is 6.01 Å². The molecule has 0 radical (unpaired) electrons. The van der Waals surface area contributed by atoms with Gasteiger partial charge in [-0.3, -0.25) is 9.88 Å². The Bertz CT molecular complexity index is 1940. The molecule has 5 aliphatic heterocycles. The Kier molecular flexibility index (Phi) is 6.94. The van der Waals surface area contributed by atoms with E-state index < -0.39 is 29.2 Å². The molecule has 3 saturated heterocycles. The zero-order valence-corrected chi connectivity index (χ0v) is 25.6. The fourth-order valence-corrected chi connectivity index (χ4v) is 7.84. The molecule has 1 N–H and O–H groups in total. The van der Waals surface area contributed by atoms with Crippen LogP contribution < -0.4 is 15.0 Å². The van der Waals surface area contributed by atoms with Crippen molar-refractivity contribution in [3.8, 4) is 29.1 Å². The summed E-state index contributed by atoms with van der Waals surface area (Å²) in [4.78, 5) is 31.2. The zero-order valence-electron chi connectivity index (χ0n) is 25.6. The monoisotopic (exact) mass is 624 g/mol. The summed E-state index contributed by atoms with van der Waals surface area (Å²) in [5.41, 5.74) is 0.392. The standard InChI is InChI=1S/C35H34F2N6O3/c1-34-12-5-14-42(20-34)31-26-18-38-29(25-11-3-9-22-7-2-8-23(27(22)25)10-4-16-45-33(44)41-34)28(37)30(26)39-32(40-31)46-21-35-13-6-15-43(35)19-24(36)17-35/h2-3,7-9,11,18,24H,5-6,12-17,19-21H2,1H3,(H,41,44)/t24-,34-,35+/m1/s1. The Labute approximate surface area is 265 Å². The third-order valence-corrected chi connectivity index (χ3v) is 9.93. The summed E-state index contributed by atoms with van der Waals surface area (Å²) in [6.45, 7) is 4.32. The molecule has 3 fully saturated rings. The lowest BCUT2D eigenvalue weighted by Crippen LogP contribution is -2.57. The van der Waals surface area contributed by atoms with Gasteiger partial charge < -0.3 is 19.7 Å². The van der Waals surface area contributed by atoms with Crippen LogP contribution in [0.15, 0.2) is 42.6 Å². The van der Waals surface area contributed by atoms with E-state index in [9.17, 15) is 9.18 Å². The van der Waals surface area contributed by atoms with E-state index in [-0.39, 0.29) is 30.4 Å². The van der Waals surface area contributed by atoms with Crippen molar-refractivity contribution in [1.29, 1.82) is 0 Å². The van der Waals surface area contributed by atoms with E-state index in [1.165, 1.54) is 0 Å². The number of alkyl halides is 1. The summed E-state index contributed by atoms with van der Waals surface area (Å²) < 4.78 is 43.1.